The van der Waals surface area contributed by atoms with Crippen LogP contribution in [0.15, 0.2) is 42.5 Å². The summed E-state index contributed by atoms with van der Waals surface area (Å²) in [4.78, 5) is 11.4. The first-order valence-electron chi connectivity index (χ1n) is 9.73. The first-order valence-corrected chi connectivity index (χ1v) is 9.73. The van der Waals surface area contributed by atoms with Gasteiger partial charge < -0.3 is 14.8 Å². The smallest absolute Gasteiger partial charge is 0.134 e. The third kappa shape index (κ3) is 6.47. The van der Waals surface area contributed by atoms with Gasteiger partial charge in [0.1, 0.15) is 11.5 Å². The van der Waals surface area contributed by atoms with E-state index in [1.807, 2.05) is 25.1 Å². The average Bonchev–Trinajstić information content (AvgIpc) is 2.61. The largest absolute Gasteiger partial charge is 0.496 e. The van der Waals surface area contributed by atoms with E-state index in [-0.39, 0.29) is 17.4 Å². The highest BCUT2D eigenvalue weighted by Crippen LogP contribution is 2.25. The van der Waals surface area contributed by atoms with Gasteiger partial charge in [0, 0.05) is 25.6 Å². The average molecular weight is 384 g/mol. The number of rotatable bonds is 10. The standard InChI is InChI=1S/C24H33NO3/c1-17-12-21(10-11-22(17)27-5)23(28-6)16-25-24(3,4)15-20-9-7-8-19(14-20)13-18(2)26/h7-12,14,23,25H,13,15-16H2,1-6H3. The number of carbonyl (C=O) groups is 1. The van der Waals surface area contributed by atoms with Crippen molar-refractivity contribution in [3.8, 4) is 5.75 Å². The number of hydrogen-bond donors (Lipinski definition) is 1. The van der Waals surface area contributed by atoms with Gasteiger partial charge in [0.15, 0.2) is 0 Å². The summed E-state index contributed by atoms with van der Waals surface area (Å²) in [7, 11) is 3.43. The number of ether oxygens (including phenoxy) is 2. The number of Topliss-reactive ketones (excluding diaryl/α,β-unsaturated/α-hetero) is 1. The van der Waals surface area contributed by atoms with Gasteiger partial charge in [-0.25, -0.2) is 0 Å². The Morgan fingerprint density at radius 1 is 1.11 bits per heavy atom. The third-order valence-corrected chi connectivity index (χ3v) is 4.93. The van der Waals surface area contributed by atoms with Crippen molar-refractivity contribution in [2.24, 2.45) is 0 Å². The van der Waals surface area contributed by atoms with Crippen molar-refractivity contribution in [2.75, 3.05) is 20.8 Å². The Hall–Kier alpha value is -2.17. The fourth-order valence-corrected chi connectivity index (χ4v) is 3.52. The highest BCUT2D eigenvalue weighted by atomic mass is 16.5. The van der Waals surface area contributed by atoms with Gasteiger partial charge >= 0.3 is 0 Å². The van der Waals surface area contributed by atoms with Crippen LogP contribution in [0.25, 0.3) is 0 Å². The van der Waals surface area contributed by atoms with E-state index in [4.69, 9.17) is 9.47 Å². The number of ketones is 1. The van der Waals surface area contributed by atoms with E-state index in [9.17, 15) is 4.79 Å². The molecule has 0 bridgehead atoms. The molecular formula is C24H33NO3. The molecule has 0 spiro atoms. The topological polar surface area (TPSA) is 47.6 Å². The summed E-state index contributed by atoms with van der Waals surface area (Å²) < 4.78 is 11.1. The first kappa shape index (κ1) is 22.1. The number of carbonyl (C=O) groups excluding carboxylic acids is 1. The van der Waals surface area contributed by atoms with Crippen molar-refractivity contribution >= 4 is 5.78 Å². The third-order valence-electron chi connectivity index (χ3n) is 4.93. The van der Waals surface area contributed by atoms with Crippen LogP contribution in [0, 0.1) is 6.92 Å². The predicted octanol–water partition coefficient (Wildman–Crippen LogP) is 4.43. The highest BCUT2D eigenvalue weighted by molar-refractivity contribution is 5.78. The molecule has 0 aliphatic heterocycles. The lowest BCUT2D eigenvalue weighted by atomic mass is 9.92. The molecule has 28 heavy (non-hydrogen) atoms. The van der Waals surface area contributed by atoms with E-state index < -0.39 is 0 Å². The van der Waals surface area contributed by atoms with Crippen molar-refractivity contribution in [3.63, 3.8) is 0 Å². The zero-order chi connectivity index (χ0) is 20.7. The normalized spacial score (nSPS) is 12.6. The van der Waals surface area contributed by atoms with Gasteiger partial charge in [-0.15, -0.1) is 0 Å². The Balaban J connectivity index is 2.02. The predicted molar refractivity (Wildman–Crippen MR) is 114 cm³/mol. The van der Waals surface area contributed by atoms with E-state index in [1.165, 1.54) is 5.56 Å². The summed E-state index contributed by atoms with van der Waals surface area (Å²) in [6, 6.07) is 14.5. The van der Waals surface area contributed by atoms with E-state index in [2.05, 4.69) is 43.4 Å². The summed E-state index contributed by atoms with van der Waals surface area (Å²) in [5, 5.41) is 3.64. The molecule has 1 N–H and O–H groups in total. The van der Waals surface area contributed by atoms with Crippen molar-refractivity contribution in [3.05, 3.63) is 64.7 Å². The number of aryl methyl sites for hydroxylation is 1. The lowest BCUT2D eigenvalue weighted by Crippen LogP contribution is -2.43. The minimum Gasteiger partial charge on any atom is -0.496 e. The van der Waals surface area contributed by atoms with Crippen molar-refractivity contribution in [1.29, 1.82) is 0 Å². The van der Waals surface area contributed by atoms with Crippen LogP contribution < -0.4 is 10.1 Å². The van der Waals surface area contributed by atoms with Crippen molar-refractivity contribution in [1.82, 2.24) is 5.32 Å². The fraction of sp³-hybridized carbons (Fsp3) is 0.458. The molecule has 0 radical (unpaired) electrons. The molecule has 152 valence electrons. The van der Waals surface area contributed by atoms with Gasteiger partial charge in [-0.05, 0) is 68.5 Å². The first-order chi connectivity index (χ1) is 13.2. The number of methoxy groups -OCH3 is 2. The molecule has 0 aromatic heterocycles. The van der Waals surface area contributed by atoms with Crippen LogP contribution in [0.1, 0.15) is 49.1 Å². The maximum absolute atomic E-state index is 11.4. The second kappa shape index (κ2) is 9.85. The molecule has 2 aromatic carbocycles. The molecule has 0 aliphatic rings. The van der Waals surface area contributed by atoms with Crippen LogP contribution in [0.2, 0.25) is 0 Å². The molecule has 2 aromatic rings. The summed E-state index contributed by atoms with van der Waals surface area (Å²) in [6.45, 7) is 8.76. The minimum atomic E-state index is -0.104. The molecule has 4 heteroatoms. The molecule has 0 heterocycles. The highest BCUT2D eigenvalue weighted by Gasteiger charge is 2.21. The molecular weight excluding hydrogens is 350 g/mol. The summed E-state index contributed by atoms with van der Waals surface area (Å²) in [6.07, 6.45) is 1.33. The number of benzene rings is 2. The number of hydrogen-bond acceptors (Lipinski definition) is 4. The zero-order valence-electron chi connectivity index (χ0n) is 18.0. The maximum Gasteiger partial charge on any atom is 0.134 e. The summed E-state index contributed by atoms with van der Waals surface area (Å²) >= 11 is 0. The monoisotopic (exact) mass is 383 g/mol. The lowest BCUT2D eigenvalue weighted by molar-refractivity contribution is -0.116. The van der Waals surface area contributed by atoms with E-state index in [1.54, 1.807) is 21.1 Å². The van der Waals surface area contributed by atoms with E-state index in [0.717, 1.165) is 28.9 Å². The van der Waals surface area contributed by atoms with Crippen LogP contribution in [-0.2, 0) is 22.4 Å². The zero-order valence-corrected chi connectivity index (χ0v) is 18.0. The Labute approximate surface area is 169 Å². The Morgan fingerprint density at radius 3 is 2.43 bits per heavy atom. The van der Waals surface area contributed by atoms with Crippen LogP contribution in [-0.4, -0.2) is 32.1 Å². The molecule has 4 nitrogen and oxygen atoms in total. The van der Waals surface area contributed by atoms with Gasteiger partial charge in [-0.2, -0.15) is 0 Å². The summed E-state index contributed by atoms with van der Waals surface area (Å²) in [5.41, 5.74) is 4.43. The Morgan fingerprint density at radius 2 is 1.82 bits per heavy atom. The number of nitrogens with one attached hydrogen (secondary N) is 1. The van der Waals surface area contributed by atoms with Crippen molar-refractivity contribution in [2.45, 2.75) is 52.2 Å². The van der Waals surface area contributed by atoms with Gasteiger partial charge in [0.05, 0.1) is 13.2 Å². The Bertz CT molecular complexity index is 798. The van der Waals surface area contributed by atoms with Crippen molar-refractivity contribution < 1.29 is 14.3 Å². The molecule has 1 atom stereocenters. The lowest BCUT2D eigenvalue weighted by Gasteiger charge is -2.29. The molecule has 0 fully saturated rings. The Kier molecular flexibility index (Phi) is 7.78. The van der Waals surface area contributed by atoms with E-state index >= 15 is 0 Å². The molecule has 0 saturated carbocycles. The minimum absolute atomic E-state index is 0.0343. The second-order valence-electron chi connectivity index (χ2n) is 8.09. The van der Waals surface area contributed by atoms with Crippen LogP contribution in [0.5, 0.6) is 5.75 Å². The maximum atomic E-state index is 11.4. The SMILES string of the molecule is COc1ccc(C(CNC(C)(C)Cc2cccc(CC(C)=O)c2)OC)cc1C. The molecule has 0 aliphatic carbocycles. The van der Waals surface area contributed by atoms with Gasteiger partial charge in [0.2, 0.25) is 0 Å². The van der Waals surface area contributed by atoms with Crippen LogP contribution >= 0.6 is 0 Å². The fourth-order valence-electron chi connectivity index (χ4n) is 3.52. The molecule has 2 rings (SSSR count). The second-order valence-corrected chi connectivity index (χ2v) is 8.09. The van der Waals surface area contributed by atoms with Crippen LogP contribution in [0.4, 0.5) is 0 Å². The summed E-state index contributed by atoms with van der Waals surface area (Å²) in [5.74, 6) is 1.07. The quantitative estimate of drug-likeness (QED) is 0.659. The molecule has 0 amide bonds. The van der Waals surface area contributed by atoms with Gasteiger partial charge in [-0.1, -0.05) is 30.3 Å². The van der Waals surface area contributed by atoms with Gasteiger partial charge in [-0.3, -0.25) is 4.79 Å². The molecule has 0 saturated heterocycles. The van der Waals surface area contributed by atoms with Gasteiger partial charge in [0.25, 0.3) is 0 Å². The van der Waals surface area contributed by atoms with Crippen LogP contribution in [0.3, 0.4) is 0 Å². The van der Waals surface area contributed by atoms with E-state index in [0.29, 0.717) is 13.0 Å². The molecule has 1 unspecified atom stereocenters.